The fourth-order valence-corrected chi connectivity index (χ4v) is 1.56. The van der Waals surface area contributed by atoms with Crippen LogP contribution in [0.15, 0.2) is 17.0 Å². The summed E-state index contributed by atoms with van der Waals surface area (Å²) in [5, 5.41) is 8.58. The number of rotatable bonds is 1. The third kappa shape index (κ3) is 1.46. The molecule has 0 saturated heterocycles. The van der Waals surface area contributed by atoms with E-state index in [1.165, 1.54) is 11.8 Å². The van der Waals surface area contributed by atoms with E-state index < -0.39 is 0 Å². The molecule has 4 N–H and O–H groups in total. The Kier molecular flexibility index (Phi) is 2.46. The Morgan fingerprint density at radius 3 is 2.17 bits per heavy atom. The van der Waals surface area contributed by atoms with Crippen LogP contribution in [0, 0.1) is 11.3 Å². The van der Waals surface area contributed by atoms with Crippen LogP contribution >= 0.6 is 11.8 Å². The van der Waals surface area contributed by atoms with Crippen molar-refractivity contribution in [1.29, 1.82) is 5.26 Å². The molecule has 0 fully saturated rings. The Bertz CT molecular complexity index is 318. The average molecular weight is 179 g/mol. The zero-order valence-electron chi connectivity index (χ0n) is 6.66. The van der Waals surface area contributed by atoms with Gasteiger partial charge in [-0.15, -0.1) is 11.8 Å². The lowest BCUT2D eigenvalue weighted by Crippen LogP contribution is -1.95. The van der Waals surface area contributed by atoms with Crippen LogP contribution in [0.2, 0.25) is 0 Å². The zero-order chi connectivity index (χ0) is 9.14. The second kappa shape index (κ2) is 3.37. The smallest absolute Gasteiger partial charge is 0.0993 e. The van der Waals surface area contributed by atoms with Crippen molar-refractivity contribution in [2.75, 3.05) is 17.7 Å². The Hall–Kier alpha value is -1.34. The molecule has 62 valence electrons. The molecule has 0 amide bonds. The summed E-state index contributed by atoms with van der Waals surface area (Å²) in [4.78, 5) is 0.842. The summed E-state index contributed by atoms with van der Waals surface area (Å²) < 4.78 is 0. The third-order valence-corrected chi connectivity index (χ3v) is 2.36. The Labute approximate surface area is 75.4 Å². The van der Waals surface area contributed by atoms with Crippen LogP contribution in [0.5, 0.6) is 0 Å². The Morgan fingerprint density at radius 2 is 1.83 bits per heavy atom. The number of benzene rings is 1. The van der Waals surface area contributed by atoms with Crippen LogP contribution in [0.4, 0.5) is 11.4 Å². The van der Waals surface area contributed by atoms with Gasteiger partial charge in [0.2, 0.25) is 0 Å². The first kappa shape index (κ1) is 8.75. The maximum atomic E-state index is 8.58. The maximum absolute atomic E-state index is 8.58. The van der Waals surface area contributed by atoms with Crippen LogP contribution in [0.3, 0.4) is 0 Å². The molecule has 0 aliphatic heterocycles. The van der Waals surface area contributed by atoms with Gasteiger partial charge in [-0.2, -0.15) is 5.26 Å². The van der Waals surface area contributed by atoms with Gasteiger partial charge in [0.25, 0.3) is 0 Å². The fourth-order valence-electron chi connectivity index (χ4n) is 0.975. The first-order chi connectivity index (χ1) is 5.69. The first-order valence-corrected chi connectivity index (χ1v) is 4.54. The van der Waals surface area contributed by atoms with Crippen molar-refractivity contribution in [1.82, 2.24) is 0 Å². The summed E-state index contributed by atoms with van der Waals surface area (Å²) in [5.74, 6) is 0. The van der Waals surface area contributed by atoms with E-state index in [-0.39, 0.29) is 0 Å². The number of hydrogen-bond donors (Lipinski definition) is 2. The van der Waals surface area contributed by atoms with Gasteiger partial charge < -0.3 is 11.5 Å². The number of nitrogen functional groups attached to an aromatic ring is 2. The minimum Gasteiger partial charge on any atom is -0.398 e. The van der Waals surface area contributed by atoms with Crippen molar-refractivity contribution in [2.24, 2.45) is 0 Å². The SMILES string of the molecule is CSc1c(N)cc(C#N)cc1N. The average Bonchev–Trinajstić information content (AvgIpc) is 2.03. The fraction of sp³-hybridized carbons (Fsp3) is 0.125. The standard InChI is InChI=1S/C8H9N3S/c1-12-8-6(10)2-5(4-9)3-7(8)11/h2-3H,10-11H2,1H3. The lowest BCUT2D eigenvalue weighted by molar-refractivity contribution is 1.42. The van der Waals surface area contributed by atoms with Crippen molar-refractivity contribution in [3.05, 3.63) is 17.7 Å². The second-order valence-electron chi connectivity index (χ2n) is 2.30. The molecular formula is C8H9N3S. The van der Waals surface area contributed by atoms with Crippen LogP contribution in [0.1, 0.15) is 5.56 Å². The lowest BCUT2D eigenvalue weighted by atomic mass is 10.2. The predicted octanol–water partition coefficient (Wildman–Crippen LogP) is 1.44. The Morgan fingerprint density at radius 1 is 1.33 bits per heavy atom. The maximum Gasteiger partial charge on any atom is 0.0993 e. The van der Waals surface area contributed by atoms with Crippen LogP contribution < -0.4 is 11.5 Å². The molecule has 1 aromatic carbocycles. The quantitative estimate of drug-likeness (QED) is 0.505. The van der Waals surface area contributed by atoms with E-state index >= 15 is 0 Å². The number of hydrogen-bond acceptors (Lipinski definition) is 4. The normalized spacial score (nSPS) is 9.33. The molecule has 0 radical (unpaired) electrons. The number of anilines is 2. The highest BCUT2D eigenvalue weighted by Crippen LogP contribution is 2.30. The predicted molar refractivity (Wildman–Crippen MR) is 51.8 cm³/mol. The summed E-state index contributed by atoms with van der Waals surface area (Å²) in [6, 6.07) is 5.25. The topological polar surface area (TPSA) is 75.8 Å². The van der Waals surface area contributed by atoms with Crippen LogP contribution in [-0.2, 0) is 0 Å². The third-order valence-electron chi connectivity index (χ3n) is 1.48. The Balaban J connectivity index is 3.30. The molecule has 0 spiro atoms. The van der Waals surface area contributed by atoms with Gasteiger partial charge in [0.1, 0.15) is 0 Å². The van der Waals surface area contributed by atoms with E-state index in [1.807, 2.05) is 12.3 Å². The molecule has 0 aromatic heterocycles. The molecule has 12 heavy (non-hydrogen) atoms. The number of nitrogens with two attached hydrogens (primary N) is 2. The molecule has 0 saturated carbocycles. The minimum atomic E-state index is 0.503. The van der Waals surface area contributed by atoms with Gasteiger partial charge in [-0.1, -0.05) is 0 Å². The van der Waals surface area contributed by atoms with Gasteiger partial charge in [0.05, 0.1) is 16.5 Å². The minimum absolute atomic E-state index is 0.503. The molecule has 1 aromatic rings. The van der Waals surface area contributed by atoms with Crippen molar-refractivity contribution < 1.29 is 0 Å². The summed E-state index contributed by atoms with van der Waals surface area (Å²) in [5.41, 5.74) is 13.0. The summed E-state index contributed by atoms with van der Waals surface area (Å²) in [7, 11) is 0. The first-order valence-electron chi connectivity index (χ1n) is 3.32. The van der Waals surface area contributed by atoms with Crippen molar-refractivity contribution in [3.63, 3.8) is 0 Å². The van der Waals surface area contributed by atoms with E-state index in [0.717, 1.165) is 4.90 Å². The molecule has 0 heterocycles. The summed E-state index contributed by atoms with van der Waals surface area (Å²) in [6.45, 7) is 0. The summed E-state index contributed by atoms with van der Waals surface area (Å²) in [6.07, 6.45) is 1.90. The van der Waals surface area contributed by atoms with E-state index in [9.17, 15) is 0 Å². The van der Waals surface area contributed by atoms with E-state index in [4.69, 9.17) is 16.7 Å². The van der Waals surface area contributed by atoms with E-state index in [1.54, 1.807) is 12.1 Å². The summed E-state index contributed by atoms with van der Waals surface area (Å²) >= 11 is 1.48. The largest absolute Gasteiger partial charge is 0.398 e. The molecule has 0 unspecified atom stereocenters. The van der Waals surface area contributed by atoms with Gasteiger partial charge in [-0.25, -0.2) is 0 Å². The van der Waals surface area contributed by atoms with Gasteiger partial charge in [0, 0.05) is 11.4 Å². The highest BCUT2D eigenvalue weighted by Gasteiger charge is 2.04. The van der Waals surface area contributed by atoms with Crippen LogP contribution in [0.25, 0.3) is 0 Å². The lowest BCUT2D eigenvalue weighted by Gasteiger charge is -2.05. The van der Waals surface area contributed by atoms with Gasteiger partial charge in [-0.3, -0.25) is 0 Å². The number of nitrogens with zero attached hydrogens (tertiary/aromatic N) is 1. The monoisotopic (exact) mass is 179 g/mol. The number of nitriles is 1. The van der Waals surface area contributed by atoms with Crippen molar-refractivity contribution >= 4 is 23.1 Å². The molecule has 3 nitrogen and oxygen atoms in total. The van der Waals surface area contributed by atoms with Crippen molar-refractivity contribution in [2.45, 2.75) is 4.90 Å². The molecule has 0 aliphatic carbocycles. The number of thioether (sulfide) groups is 1. The molecular weight excluding hydrogens is 170 g/mol. The molecule has 0 atom stereocenters. The molecule has 0 bridgehead atoms. The van der Waals surface area contributed by atoms with Gasteiger partial charge >= 0.3 is 0 Å². The highest BCUT2D eigenvalue weighted by molar-refractivity contribution is 7.99. The zero-order valence-corrected chi connectivity index (χ0v) is 7.48. The molecule has 4 heteroatoms. The van der Waals surface area contributed by atoms with Gasteiger partial charge in [-0.05, 0) is 18.4 Å². The molecule has 0 aliphatic rings. The van der Waals surface area contributed by atoms with Gasteiger partial charge in [0.15, 0.2) is 0 Å². The molecule has 1 rings (SSSR count). The highest BCUT2D eigenvalue weighted by atomic mass is 32.2. The second-order valence-corrected chi connectivity index (χ2v) is 3.12. The van der Waals surface area contributed by atoms with E-state index in [0.29, 0.717) is 16.9 Å². The van der Waals surface area contributed by atoms with Crippen LogP contribution in [-0.4, -0.2) is 6.26 Å². The van der Waals surface area contributed by atoms with Crippen molar-refractivity contribution in [3.8, 4) is 6.07 Å². The van der Waals surface area contributed by atoms with E-state index in [2.05, 4.69) is 0 Å².